The summed E-state index contributed by atoms with van der Waals surface area (Å²) in [5.74, 6) is -0.245. The molecule has 2 saturated heterocycles. The lowest BCUT2D eigenvalue weighted by Gasteiger charge is -2.39. The number of benzene rings is 4. The Morgan fingerprint density at radius 1 is 0.620 bits per heavy atom. The largest absolute Gasteiger partial charge is 0.373 e. The zero-order valence-corrected chi connectivity index (χ0v) is 28.0. The van der Waals surface area contributed by atoms with Gasteiger partial charge in [0.05, 0.1) is 22.1 Å². The summed E-state index contributed by atoms with van der Waals surface area (Å²) < 4.78 is 11.6. The van der Waals surface area contributed by atoms with Gasteiger partial charge in [0.25, 0.3) is 23.2 Å². The van der Waals surface area contributed by atoms with Crippen molar-refractivity contribution < 1.29 is 28.9 Å². The van der Waals surface area contributed by atoms with E-state index < -0.39 is 20.9 Å². The number of amides is 2. The molecule has 0 saturated carbocycles. The first-order chi connectivity index (χ1) is 23.9. The molecule has 6 rings (SSSR count). The van der Waals surface area contributed by atoms with Gasteiger partial charge in [0.1, 0.15) is 0 Å². The van der Waals surface area contributed by atoms with Gasteiger partial charge in [-0.2, -0.15) is 0 Å². The van der Waals surface area contributed by atoms with Crippen molar-refractivity contribution in [2.45, 2.75) is 62.8 Å². The molecule has 12 nitrogen and oxygen atoms in total. The number of nitro benzene ring substituents is 2. The van der Waals surface area contributed by atoms with Crippen molar-refractivity contribution in [2.75, 3.05) is 13.2 Å². The molecule has 0 aliphatic carbocycles. The van der Waals surface area contributed by atoms with Gasteiger partial charge in [-0.3, -0.25) is 29.8 Å². The number of carbonyl (C=O) groups is 2. The topological polar surface area (TPSA) is 163 Å². The Kier molecular flexibility index (Phi) is 11.3. The van der Waals surface area contributed by atoms with E-state index in [0.29, 0.717) is 50.0 Å². The van der Waals surface area contributed by atoms with E-state index in [2.05, 4.69) is 10.6 Å². The Morgan fingerprint density at radius 3 is 1.36 bits per heavy atom. The second-order valence-corrected chi connectivity index (χ2v) is 13.1. The summed E-state index contributed by atoms with van der Waals surface area (Å²) in [7, 11) is 0. The van der Waals surface area contributed by atoms with E-state index in [1.54, 1.807) is 36.4 Å². The first-order valence-corrected chi connectivity index (χ1v) is 16.4. The molecular formula is C38H40N4O8. The normalized spacial score (nSPS) is 23.0. The van der Waals surface area contributed by atoms with Crippen LogP contribution < -0.4 is 10.6 Å². The highest BCUT2D eigenvalue weighted by Gasteiger charge is 2.37. The van der Waals surface area contributed by atoms with E-state index in [-0.39, 0.29) is 35.4 Å². The maximum absolute atomic E-state index is 12.5. The van der Waals surface area contributed by atoms with Crippen molar-refractivity contribution in [3.05, 3.63) is 152 Å². The van der Waals surface area contributed by atoms with E-state index in [0.717, 1.165) is 11.1 Å². The Balaban J connectivity index is 0.000000194. The van der Waals surface area contributed by atoms with Gasteiger partial charge in [-0.1, -0.05) is 60.7 Å². The van der Waals surface area contributed by atoms with Gasteiger partial charge < -0.3 is 20.1 Å². The summed E-state index contributed by atoms with van der Waals surface area (Å²) in [6.07, 6.45) is 1.94. The molecule has 0 unspecified atom stereocenters. The van der Waals surface area contributed by atoms with Gasteiger partial charge in [0.2, 0.25) is 0 Å². The van der Waals surface area contributed by atoms with Crippen LogP contribution in [0.2, 0.25) is 0 Å². The number of carbonyl (C=O) groups excluding carboxylic acids is 2. The Bertz CT molecular complexity index is 1690. The number of hydrogen-bond donors (Lipinski definition) is 2. The molecule has 0 bridgehead atoms. The second kappa shape index (κ2) is 15.8. The van der Waals surface area contributed by atoms with Crippen molar-refractivity contribution in [3.8, 4) is 0 Å². The van der Waals surface area contributed by atoms with Gasteiger partial charge >= 0.3 is 0 Å². The van der Waals surface area contributed by atoms with Crippen LogP contribution in [0.3, 0.4) is 0 Å². The molecule has 2 heterocycles. The van der Waals surface area contributed by atoms with Crippen molar-refractivity contribution in [1.29, 1.82) is 0 Å². The van der Waals surface area contributed by atoms with Crippen LogP contribution in [0.25, 0.3) is 0 Å². The quantitative estimate of drug-likeness (QED) is 0.145. The lowest BCUT2D eigenvalue weighted by molar-refractivity contribution is -0.385. The first-order valence-electron chi connectivity index (χ1n) is 16.4. The number of nitro groups is 2. The van der Waals surface area contributed by atoms with Crippen LogP contribution >= 0.6 is 0 Å². The highest BCUT2D eigenvalue weighted by Crippen LogP contribution is 2.37. The molecule has 260 valence electrons. The molecule has 0 aromatic heterocycles. The third kappa shape index (κ3) is 9.36. The molecule has 2 amide bonds. The van der Waals surface area contributed by atoms with Crippen LogP contribution in [-0.2, 0) is 9.47 Å². The van der Waals surface area contributed by atoms with Gasteiger partial charge in [0, 0.05) is 72.5 Å². The zero-order chi connectivity index (χ0) is 35.7. The smallest absolute Gasteiger partial charge is 0.269 e. The number of non-ortho nitro benzene ring substituents is 2. The van der Waals surface area contributed by atoms with E-state index >= 15 is 0 Å². The molecule has 50 heavy (non-hydrogen) atoms. The third-order valence-electron chi connectivity index (χ3n) is 9.03. The fraction of sp³-hybridized carbons (Fsp3) is 0.316. The lowest BCUT2D eigenvalue weighted by atomic mass is 9.85. The molecule has 2 aliphatic rings. The van der Waals surface area contributed by atoms with E-state index in [1.165, 1.54) is 24.3 Å². The fourth-order valence-electron chi connectivity index (χ4n) is 6.20. The minimum atomic E-state index is -0.430. The second-order valence-electron chi connectivity index (χ2n) is 13.1. The van der Waals surface area contributed by atoms with Crippen LogP contribution in [0.15, 0.2) is 109 Å². The average Bonchev–Trinajstić information content (AvgIpc) is 3.12. The molecule has 4 aromatic rings. The summed E-state index contributed by atoms with van der Waals surface area (Å²) in [5.41, 5.74) is 1.97. The molecular weight excluding hydrogens is 640 g/mol. The molecule has 0 spiro atoms. The number of ether oxygens (including phenoxy) is 2. The van der Waals surface area contributed by atoms with Crippen molar-refractivity contribution in [2.24, 2.45) is 0 Å². The van der Waals surface area contributed by atoms with Crippen LogP contribution in [0.1, 0.15) is 83.6 Å². The standard InChI is InChI=1S/2C19H20N2O4/c2*1-19(20-18(22)14-6-3-2-4-7-14)10-11-25-17(13-19)15-8-5-9-16(12-15)21(23)24/h2*2-9,12,17H,10-11,13H2,1H3,(H,20,22)/t2*17-,19-/m00/s1. The summed E-state index contributed by atoms with van der Waals surface area (Å²) in [4.78, 5) is 46.0. The lowest BCUT2D eigenvalue weighted by Crippen LogP contribution is -2.50. The molecule has 2 aliphatic heterocycles. The first kappa shape index (κ1) is 35.8. The Hall–Kier alpha value is -5.46. The monoisotopic (exact) mass is 680 g/mol. The average molecular weight is 681 g/mol. The van der Waals surface area contributed by atoms with Crippen molar-refractivity contribution in [1.82, 2.24) is 10.6 Å². The predicted octanol–water partition coefficient (Wildman–Crippen LogP) is 7.27. The number of rotatable bonds is 8. The molecule has 4 aromatic carbocycles. The van der Waals surface area contributed by atoms with E-state index in [9.17, 15) is 29.8 Å². The van der Waals surface area contributed by atoms with Crippen molar-refractivity contribution in [3.63, 3.8) is 0 Å². The van der Waals surface area contributed by atoms with Gasteiger partial charge in [-0.15, -0.1) is 0 Å². The number of nitrogens with zero attached hydrogens (tertiary/aromatic N) is 2. The van der Waals surface area contributed by atoms with E-state index in [4.69, 9.17) is 9.47 Å². The third-order valence-corrected chi connectivity index (χ3v) is 9.03. The number of nitrogens with one attached hydrogen (secondary N) is 2. The zero-order valence-electron chi connectivity index (χ0n) is 28.0. The highest BCUT2D eigenvalue weighted by atomic mass is 16.6. The van der Waals surface area contributed by atoms with Crippen LogP contribution in [0.5, 0.6) is 0 Å². The van der Waals surface area contributed by atoms with Gasteiger partial charge in [-0.05, 0) is 62.1 Å². The summed E-state index contributed by atoms with van der Waals surface area (Å²) in [5, 5.41) is 28.1. The van der Waals surface area contributed by atoms with Crippen LogP contribution in [-0.4, -0.2) is 46.0 Å². The minimum absolute atomic E-state index is 0.0432. The van der Waals surface area contributed by atoms with Gasteiger partial charge in [-0.25, -0.2) is 0 Å². The molecule has 0 radical (unpaired) electrons. The summed E-state index contributed by atoms with van der Waals surface area (Å²) in [6.45, 7) is 4.94. The molecule has 12 heteroatoms. The Labute approximate surface area is 290 Å². The predicted molar refractivity (Wildman–Crippen MR) is 187 cm³/mol. The van der Waals surface area contributed by atoms with Crippen LogP contribution in [0, 0.1) is 20.2 Å². The summed E-state index contributed by atoms with van der Waals surface area (Å²) in [6, 6.07) is 31.1. The highest BCUT2D eigenvalue weighted by molar-refractivity contribution is 5.95. The Morgan fingerprint density at radius 2 is 1.00 bits per heavy atom. The fourth-order valence-corrected chi connectivity index (χ4v) is 6.20. The van der Waals surface area contributed by atoms with E-state index in [1.807, 2.05) is 62.4 Å². The maximum atomic E-state index is 12.5. The molecule has 4 atom stereocenters. The molecule has 2 fully saturated rings. The summed E-state index contributed by atoms with van der Waals surface area (Å²) >= 11 is 0. The number of hydrogen-bond acceptors (Lipinski definition) is 8. The molecule has 2 N–H and O–H groups in total. The van der Waals surface area contributed by atoms with Crippen LogP contribution in [0.4, 0.5) is 11.4 Å². The van der Waals surface area contributed by atoms with Gasteiger partial charge in [0.15, 0.2) is 0 Å². The minimum Gasteiger partial charge on any atom is -0.373 e. The maximum Gasteiger partial charge on any atom is 0.269 e. The van der Waals surface area contributed by atoms with Crippen molar-refractivity contribution >= 4 is 23.2 Å². The SMILES string of the molecule is C[C@]1(NC(=O)c2ccccc2)CCO[C@H](c2cccc([N+](=O)[O-])c2)C1.C[C@]1(NC(=O)c2ccccc2)CCO[C@H](c2cccc([N+](=O)[O-])c2)C1.